The van der Waals surface area contributed by atoms with E-state index in [-0.39, 0.29) is 17.3 Å². The monoisotopic (exact) mass is 303 g/mol. The molecule has 106 valence electrons. The lowest BCUT2D eigenvalue weighted by Crippen LogP contribution is -2.14. The van der Waals surface area contributed by atoms with Gasteiger partial charge in [0.1, 0.15) is 5.75 Å². The number of carbonyl (C=O) groups excluding carboxylic acids is 1. The molecule has 0 aliphatic carbocycles. The van der Waals surface area contributed by atoms with Crippen molar-refractivity contribution in [3.63, 3.8) is 0 Å². The van der Waals surface area contributed by atoms with Crippen LogP contribution in [0.3, 0.4) is 0 Å². The average molecular weight is 303 g/mol. The molecule has 1 aromatic carbocycles. The average Bonchev–Trinajstić information content (AvgIpc) is 2.28. The molecule has 0 heterocycles. The van der Waals surface area contributed by atoms with Crippen molar-refractivity contribution in [3.8, 4) is 0 Å². The molecule has 1 atom stereocenters. The Kier molecular flexibility index (Phi) is 5.68. The van der Waals surface area contributed by atoms with Crippen molar-refractivity contribution >= 4 is 26.7 Å². The van der Waals surface area contributed by atoms with Crippen LogP contribution in [0.25, 0.3) is 0 Å². The SMILES string of the molecule is CCOC(=O)C/S(C)=N/S(=O)(=O)c1ccc(C)cc1. The number of aryl methyl sites for hydroxylation is 1. The number of carbonyl (C=O) groups is 1. The predicted molar refractivity (Wildman–Crippen MR) is 75.6 cm³/mol. The minimum absolute atomic E-state index is 0.0149. The van der Waals surface area contributed by atoms with Crippen molar-refractivity contribution in [3.05, 3.63) is 29.8 Å². The number of benzene rings is 1. The second kappa shape index (κ2) is 6.81. The first kappa shape index (κ1) is 15.8. The molecule has 19 heavy (non-hydrogen) atoms. The van der Waals surface area contributed by atoms with Crippen LogP contribution < -0.4 is 0 Å². The van der Waals surface area contributed by atoms with Gasteiger partial charge < -0.3 is 4.74 Å². The van der Waals surface area contributed by atoms with E-state index >= 15 is 0 Å². The highest BCUT2D eigenvalue weighted by Crippen LogP contribution is 2.14. The van der Waals surface area contributed by atoms with E-state index in [0.717, 1.165) is 5.56 Å². The van der Waals surface area contributed by atoms with Crippen LogP contribution >= 0.6 is 0 Å². The van der Waals surface area contributed by atoms with E-state index in [1.165, 1.54) is 12.1 Å². The van der Waals surface area contributed by atoms with Gasteiger partial charge in [-0.1, -0.05) is 28.4 Å². The molecule has 0 saturated heterocycles. The van der Waals surface area contributed by atoms with E-state index in [4.69, 9.17) is 4.74 Å². The fourth-order valence-electron chi connectivity index (χ4n) is 1.32. The maximum absolute atomic E-state index is 12.0. The van der Waals surface area contributed by atoms with E-state index in [2.05, 4.69) is 3.77 Å². The van der Waals surface area contributed by atoms with Gasteiger partial charge in [-0.05, 0) is 32.2 Å². The highest BCUT2D eigenvalue weighted by atomic mass is 32.3. The Labute approximate surface area is 116 Å². The van der Waals surface area contributed by atoms with Crippen LogP contribution in [0.4, 0.5) is 0 Å². The highest BCUT2D eigenvalue weighted by molar-refractivity contribution is 8.00. The summed E-state index contributed by atoms with van der Waals surface area (Å²) >= 11 is 0. The summed E-state index contributed by atoms with van der Waals surface area (Å²) in [6.07, 6.45) is 1.60. The third-order valence-corrected chi connectivity index (χ3v) is 5.50. The molecule has 0 aliphatic rings. The fraction of sp³-hybridized carbons (Fsp3) is 0.417. The largest absolute Gasteiger partial charge is 0.465 e. The second-order valence-corrected chi connectivity index (χ2v) is 7.42. The molecule has 0 bridgehead atoms. The summed E-state index contributed by atoms with van der Waals surface area (Å²) in [5, 5.41) is 0. The zero-order valence-corrected chi connectivity index (χ0v) is 12.8. The third-order valence-electron chi connectivity index (χ3n) is 2.18. The first-order valence-corrected chi connectivity index (χ1v) is 8.88. The maximum atomic E-state index is 12.0. The van der Waals surface area contributed by atoms with Gasteiger partial charge in [0, 0.05) is 0 Å². The van der Waals surface area contributed by atoms with Crippen molar-refractivity contribution < 1.29 is 17.9 Å². The van der Waals surface area contributed by atoms with E-state index in [9.17, 15) is 13.2 Å². The van der Waals surface area contributed by atoms with E-state index < -0.39 is 26.7 Å². The highest BCUT2D eigenvalue weighted by Gasteiger charge is 2.13. The van der Waals surface area contributed by atoms with Crippen molar-refractivity contribution in [1.29, 1.82) is 0 Å². The van der Waals surface area contributed by atoms with Crippen LogP contribution in [0.5, 0.6) is 0 Å². The van der Waals surface area contributed by atoms with Gasteiger partial charge in [-0.3, -0.25) is 4.79 Å². The van der Waals surface area contributed by atoms with Crippen LogP contribution in [0.15, 0.2) is 32.9 Å². The van der Waals surface area contributed by atoms with Crippen LogP contribution in [0, 0.1) is 6.92 Å². The lowest BCUT2D eigenvalue weighted by Gasteiger charge is -2.04. The zero-order valence-electron chi connectivity index (χ0n) is 11.1. The number of ether oxygens (including phenoxy) is 1. The first-order chi connectivity index (χ1) is 8.85. The van der Waals surface area contributed by atoms with E-state index in [1.54, 1.807) is 25.3 Å². The quantitative estimate of drug-likeness (QED) is 0.776. The molecule has 1 aromatic rings. The summed E-state index contributed by atoms with van der Waals surface area (Å²) < 4.78 is 32.5. The standard InChI is InChI=1S/C12H17NO4S2/c1-4-17-12(14)9-18(3)13-19(15,16)11-7-5-10(2)6-8-11/h5-8H,4,9H2,1-3H3. The number of sulfonamides is 1. The molecule has 0 N–H and O–H groups in total. The fourth-order valence-corrected chi connectivity index (χ4v) is 4.12. The Morgan fingerprint density at radius 2 is 1.89 bits per heavy atom. The van der Waals surface area contributed by atoms with Gasteiger partial charge in [-0.2, -0.15) is 8.42 Å². The van der Waals surface area contributed by atoms with Gasteiger partial charge in [0.2, 0.25) is 0 Å². The lowest BCUT2D eigenvalue weighted by atomic mass is 10.2. The van der Waals surface area contributed by atoms with Gasteiger partial charge >= 0.3 is 5.97 Å². The Morgan fingerprint density at radius 3 is 2.42 bits per heavy atom. The molecule has 1 unspecified atom stereocenters. The summed E-state index contributed by atoms with van der Waals surface area (Å²) in [7, 11) is -4.62. The van der Waals surface area contributed by atoms with Crippen molar-refractivity contribution in [2.45, 2.75) is 18.7 Å². The zero-order chi connectivity index (χ0) is 14.5. The summed E-state index contributed by atoms with van der Waals surface area (Å²) in [6, 6.07) is 6.44. The maximum Gasteiger partial charge on any atom is 0.316 e. The molecule has 7 heteroatoms. The number of hydrogen-bond donors (Lipinski definition) is 0. The lowest BCUT2D eigenvalue weighted by molar-refractivity contribution is -0.139. The number of esters is 1. The minimum atomic E-state index is -3.71. The molecule has 0 aliphatic heterocycles. The molecule has 0 aromatic heterocycles. The van der Waals surface area contributed by atoms with Gasteiger partial charge in [-0.25, -0.2) is 0 Å². The third kappa shape index (κ3) is 5.12. The topological polar surface area (TPSA) is 72.8 Å². The first-order valence-electron chi connectivity index (χ1n) is 5.68. The van der Waals surface area contributed by atoms with Crippen molar-refractivity contribution in [2.75, 3.05) is 18.6 Å². The molecule has 0 fully saturated rings. The molecule has 5 nitrogen and oxygen atoms in total. The molecule has 0 radical (unpaired) electrons. The van der Waals surface area contributed by atoms with Gasteiger partial charge in [0.05, 0.1) is 11.5 Å². The van der Waals surface area contributed by atoms with Crippen LogP contribution in [-0.4, -0.2) is 33.0 Å². The Hall–Kier alpha value is -1.21. The smallest absolute Gasteiger partial charge is 0.316 e. The van der Waals surface area contributed by atoms with E-state index in [0.29, 0.717) is 0 Å². The second-order valence-electron chi connectivity index (χ2n) is 3.91. The van der Waals surface area contributed by atoms with Gasteiger partial charge in [0.25, 0.3) is 10.0 Å². The van der Waals surface area contributed by atoms with Gasteiger partial charge in [0.15, 0.2) is 0 Å². The van der Waals surface area contributed by atoms with Crippen molar-refractivity contribution in [2.24, 2.45) is 3.77 Å². The molecule has 0 amide bonds. The minimum Gasteiger partial charge on any atom is -0.465 e. The summed E-state index contributed by atoms with van der Waals surface area (Å²) in [4.78, 5) is 11.4. The normalized spacial score (nSPS) is 13.2. The number of rotatable bonds is 5. The Balaban J connectivity index is 2.89. The Bertz CT molecular complexity index is 576. The molecule has 0 spiro atoms. The molecule has 0 saturated carbocycles. The van der Waals surface area contributed by atoms with Gasteiger partial charge in [-0.15, -0.1) is 3.77 Å². The summed E-state index contributed by atoms with van der Waals surface area (Å²) in [5.74, 6) is -0.449. The number of hydrogen-bond acceptors (Lipinski definition) is 4. The summed E-state index contributed by atoms with van der Waals surface area (Å²) in [6.45, 7) is 3.85. The van der Waals surface area contributed by atoms with Crippen LogP contribution in [0.1, 0.15) is 12.5 Å². The molecular formula is C12H17NO4S2. The van der Waals surface area contributed by atoms with Crippen LogP contribution in [-0.2, 0) is 30.2 Å². The van der Waals surface area contributed by atoms with Crippen LogP contribution in [0.2, 0.25) is 0 Å². The van der Waals surface area contributed by atoms with E-state index in [1.807, 2.05) is 6.92 Å². The Morgan fingerprint density at radius 1 is 1.32 bits per heavy atom. The predicted octanol–water partition coefficient (Wildman–Crippen LogP) is 1.68. The number of nitrogens with zero attached hydrogens (tertiary/aromatic N) is 1. The molecule has 1 rings (SSSR count). The van der Waals surface area contributed by atoms with Crippen molar-refractivity contribution in [1.82, 2.24) is 0 Å². The summed E-state index contributed by atoms with van der Waals surface area (Å²) in [5.41, 5.74) is 0.973. The molecular weight excluding hydrogens is 286 g/mol.